The Morgan fingerprint density at radius 3 is 2.54 bits per heavy atom. The van der Waals surface area contributed by atoms with Crippen molar-refractivity contribution < 1.29 is 9.36 Å². The lowest BCUT2D eigenvalue weighted by Gasteiger charge is -2.11. The van der Waals surface area contributed by atoms with Crippen LogP contribution in [0, 0.1) is 6.92 Å². The molecule has 1 N–H and O–H groups in total. The van der Waals surface area contributed by atoms with Crippen molar-refractivity contribution in [2.24, 2.45) is 7.05 Å². The van der Waals surface area contributed by atoms with Crippen molar-refractivity contribution in [3.63, 3.8) is 0 Å². The molecule has 0 fully saturated rings. The lowest BCUT2D eigenvalue weighted by atomic mass is 10.1. The number of nitrogens with zero attached hydrogens (tertiary/aromatic N) is 4. The second-order valence-electron chi connectivity index (χ2n) is 6.45. The maximum Gasteiger partial charge on any atom is 0.319 e. The summed E-state index contributed by atoms with van der Waals surface area (Å²) >= 11 is 0. The van der Waals surface area contributed by atoms with Gasteiger partial charge in [0.2, 0.25) is 5.69 Å². The molecule has 134 valence electrons. The van der Waals surface area contributed by atoms with Crippen LogP contribution in [0.4, 0.5) is 5.69 Å². The summed E-state index contributed by atoms with van der Waals surface area (Å²) in [5.74, 6) is -0.192. The highest BCUT2D eigenvalue weighted by atomic mass is 16.1. The minimum Gasteiger partial charge on any atom is -0.378 e. The molecule has 26 heavy (non-hydrogen) atoms. The molecule has 0 bridgehead atoms. The zero-order valence-electron chi connectivity index (χ0n) is 15.8. The van der Waals surface area contributed by atoms with E-state index in [0.29, 0.717) is 5.69 Å². The van der Waals surface area contributed by atoms with Gasteiger partial charge in [-0.1, -0.05) is 18.2 Å². The number of hydrogen-bond donors (Lipinski definition) is 1. The molecule has 0 saturated heterocycles. The van der Waals surface area contributed by atoms with Gasteiger partial charge in [-0.15, -0.1) is 0 Å². The number of rotatable bonds is 4. The van der Waals surface area contributed by atoms with Crippen molar-refractivity contribution in [3.05, 3.63) is 59.3 Å². The zero-order valence-corrected chi connectivity index (χ0v) is 15.8. The molecule has 0 aliphatic carbocycles. The van der Waals surface area contributed by atoms with Gasteiger partial charge < -0.3 is 10.2 Å². The fourth-order valence-corrected chi connectivity index (χ4v) is 2.93. The van der Waals surface area contributed by atoms with E-state index in [0.717, 1.165) is 22.6 Å². The number of carbonyl (C=O) groups is 1. The minimum absolute atomic E-state index is 0.192. The van der Waals surface area contributed by atoms with E-state index in [1.807, 2.05) is 37.0 Å². The number of fused-ring (bicyclic) bond motifs is 1. The summed E-state index contributed by atoms with van der Waals surface area (Å²) in [6.45, 7) is 2.01. The molecule has 0 unspecified atom stereocenters. The van der Waals surface area contributed by atoms with Crippen molar-refractivity contribution in [2.75, 3.05) is 26.0 Å². The van der Waals surface area contributed by atoms with Gasteiger partial charge in [-0.25, -0.2) is 9.55 Å². The van der Waals surface area contributed by atoms with Crippen LogP contribution in [0.5, 0.6) is 0 Å². The third kappa shape index (κ3) is 3.18. The van der Waals surface area contributed by atoms with Crippen molar-refractivity contribution in [3.8, 4) is 0 Å². The molecule has 6 nitrogen and oxygen atoms in total. The standard InChI is InChI=1S/C20H23N5O/c1-14-12-17(11-8-15-6-9-16(10-7-15)23(3)4)24(5)20-18(19(26)21-2)22-13-25(14)20/h6-13H,1-5H3/p+1. The van der Waals surface area contributed by atoms with Gasteiger partial charge in [-0.05, 0) is 30.7 Å². The van der Waals surface area contributed by atoms with E-state index >= 15 is 0 Å². The van der Waals surface area contributed by atoms with Gasteiger partial charge in [0.25, 0.3) is 5.91 Å². The van der Waals surface area contributed by atoms with Gasteiger partial charge in [-0.2, -0.15) is 4.40 Å². The van der Waals surface area contributed by atoms with Crippen LogP contribution >= 0.6 is 0 Å². The first-order valence-corrected chi connectivity index (χ1v) is 8.46. The van der Waals surface area contributed by atoms with Crippen LogP contribution in [0.1, 0.15) is 27.4 Å². The molecule has 2 heterocycles. The SMILES string of the molecule is CNC(=O)c1ncn2c(C)cc(/C=C/c3ccc(N(C)C)cc3)[n+](C)c12. The monoisotopic (exact) mass is 350 g/mol. The quantitative estimate of drug-likeness (QED) is 0.733. The first-order chi connectivity index (χ1) is 12.4. The average molecular weight is 350 g/mol. The Hall–Kier alpha value is -3.15. The number of imidazole rings is 1. The van der Waals surface area contributed by atoms with Crippen molar-refractivity contribution in [1.29, 1.82) is 0 Å². The number of hydrogen-bond acceptors (Lipinski definition) is 3. The molecule has 0 radical (unpaired) electrons. The molecule has 3 rings (SSSR count). The highest BCUT2D eigenvalue weighted by Gasteiger charge is 2.23. The van der Waals surface area contributed by atoms with Gasteiger partial charge in [0.15, 0.2) is 6.33 Å². The Morgan fingerprint density at radius 1 is 1.23 bits per heavy atom. The summed E-state index contributed by atoms with van der Waals surface area (Å²) in [5, 5.41) is 2.65. The highest BCUT2D eigenvalue weighted by Crippen LogP contribution is 2.15. The van der Waals surface area contributed by atoms with E-state index in [9.17, 15) is 4.79 Å². The summed E-state index contributed by atoms with van der Waals surface area (Å²) in [5.41, 5.74) is 5.49. The first kappa shape index (κ1) is 17.7. The number of benzene rings is 1. The third-order valence-electron chi connectivity index (χ3n) is 4.48. The fourth-order valence-electron chi connectivity index (χ4n) is 2.93. The second kappa shape index (κ2) is 7.00. The lowest BCUT2D eigenvalue weighted by Crippen LogP contribution is -2.37. The van der Waals surface area contributed by atoms with Crippen LogP contribution in [-0.2, 0) is 7.05 Å². The Bertz CT molecular complexity index is 984. The van der Waals surface area contributed by atoms with Crippen LogP contribution in [0.3, 0.4) is 0 Å². The predicted molar refractivity (Wildman–Crippen MR) is 104 cm³/mol. The number of aryl methyl sites for hydroxylation is 2. The van der Waals surface area contributed by atoms with E-state index in [1.165, 1.54) is 5.69 Å². The van der Waals surface area contributed by atoms with Gasteiger partial charge in [0.05, 0.1) is 7.05 Å². The maximum atomic E-state index is 12.1. The molecule has 1 amide bonds. The molecule has 3 aromatic rings. The van der Waals surface area contributed by atoms with Crippen molar-refractivity contribution in [1.82, 2.24) is 14.7 Å². The number of nitrogens with one attached hydrogen (secondary N) is 1. The van der Waals surface area contributed by atoms with Crippen molar-refractivity contribution in [2.45, 2.75) is 6.92 Å². The molecular formula is C20H24N5O+. The largest absolute Gasteiger partial charge is 0.378 e. The lowest BCUT2D eigenvalue weighted by molar-refractivity contribution is -0.650. The zero-order chi connectivity index (χ0) is 18.8. The van der Waals surface area contributed by atoms with E-state index in [-0.39, 0.29) is 5.91 Å². The van der Waals surface area contributed by atoms with Crippen LogP contribution in [0.2, 0.25) is 0 Å². The average Bonchev–Trinajstić information content (AvgIpc) is 3.09. The van der Waals surface area contributed by atoms with Gasteiger partial charge in [-0.3, -0.25) is 4.79 Å². The molecule has 1 aromatic carbocycles. The number of amides is 1. The van der Waals surface area contributed by atoms with Crippen LogP contribution in [0.15, 0.2) is 36.7 Å². The van der Waals surface area contributed by atoms with E-state index < -0.39 is 0 Å². The highest BCUT2D eigenvalue weighted by molar-refractivity contribution is 5.97. The summed E-state index contributed by atoms with van der Waals surface area (Å²) < 4.78 is 3.91. The number of anilines is 1. The summed E-state index contributed by atoms with van der Waals surface area (Å²) in [7, 11) is 7.61. The predicted octanol–water partition coefficient (Wildman–Crippen LogP) is 2.06. The molecule has 6 heteroatoms. The normalized spacial score (nSPS) is 11.3. The first-order valence-electron chi connectivity index (χ1n) is 8.46. The summed E-state index contributed by atoms with van der Waals surface area (Å²) in [6, 6.07) is 10.4. The molecule has 2 aromatic heterocycles. The topological polar surface area (TPSA) is 53.5 Å². The third-order valence-corrected chi connectivity index (χ3v) is 4.48. The van der Waals surface area contributed by atoms with E-state index in [1.54, 1.807) is 13.4 Å². The van der Waals surface area contributed by atoms with E-state index in [2.05, 4.69) is 57.7 Å². The minimum atomic E-state index is -0.192. The Kier molecular flexibility index (Phi) is 4.75. The summed E-state index contributed by atoms with van der Waals surface area (Å²) in [6.07, 6.45) is 5.81. The Balaban J connectivity index is 2.02. The van der Waals surface area contributed by atoms with Crippen molar-refractivity contribution >= 4 is 29.4 Å². The van der Waals surface area contributed by atoms with Crippen LogP contribution in [0.25, 0.3) is 17.8 Å². The molecule has 0 atom stereocenters. The van der Waals surface area contributed by atoms with Crippen LogP contribution in [-0.4, -0.2) is 36.4 Å². The molecule has 0 spiro atoms. The van der Waals surface area contributed by atoms with E-state index in [4.69, 9.17) is 0 Å². The fraction of sp³-hybridized carbons (Fsp3) is 0.250. The maximum absolute atomic E-state index is 12.1. The van der Waals surface area contributed by atoms with Gasteiger partial charge in [0.1, 0.15) is 11.4 Å². The Labute approximate surface area is 153 Å². The number of carbonyl (C=O) groups excluding carboxylic acids is 1. The number of aromatic nitrogens is 3. The molecule has 0 saturated carbocycles. The molecule has 0 aliphatic heterocycles. The van der Waals surface area contributed by atoms with Gasteiger partial charge >= 0.3 is 5.65 Å². The molecular weight excluding hydrogens is 326 g/mol. The van der Waals surface area contributed by atoms with Crippen LogP contribution < -0.4 is 14.8 Å². The summed E-state index contributed by atoms with van der Waals surface area (Å²) in [4.78, 5) is 18.5. The van der Waals surface area contributed by atoms with Gasteiger partial charge in [0, 0.05) is 32.9 Å². The smallest absolute Gasteiger partial charge is 0.319 e. The Morgan fingerprint density at radius 2 is 1.92 bits per heavy atom. The second-order valence-corrected chi connectivity index (χ2v) is 6.45. The molecule has 0 aliphatic rings.